The molecule has 1 aliphatic rings. The predicted octanol–water partition coefficient (Wildman–Crippen LogP) is 0.946. The maximum absolute atomic E-state index is 11.7. The van der Waals surface area contributed by atoms with Crippen molar-refractivity contribution in [3.63, 3.8) is 0 Å². The van der Waals surface area contributed by atoms with Gasteiger partial charge in [0.15, 0.2) is 5.78 Å². The Labute approximate surface area is 83.5 Å². The van der Waals surface area contributed by atoms with Gasteiger partial charge in [-0.25, -0.2) is 0 Å². The zero-order chi connectivity index (χ0) is 10.3. The Kier molecular flexibility index (Phi) is 1.94. The molecule has 74 valence electrons. The molecule has 1 unspecified atom stereocenters. The van der Waals surface area contributed by atoms with Crippen molar-refractivity contribution in [1.29, 1.82) is 0 Å². The van der Waals surface area contributed by atoms with E-state index < -0.39 is 5.66 Å². The second-order valence-electron chi connectivity index (χ2n) is 3.96. The quantitative estimate of drug-likeness (QED) is 0.670. The van der Waals surface area contributed by atoms with Crippen molar-refractivity contribution in [1.82, 2.24) is 4.90 Å². The first-order chi connectivity index (χ1) is 6.55. The fraction of sp³-hybridized carbons (Fsp3) is 0.364. The van der Waals surface area contributed by atoms with Crippen LogP contribution in [0.4, 0.5) is 0 Å². The van der Waals surface area contributed by atoms with Crippen LogP contribution < -0.4 is 5.73 Å². The fourth-order valence-corrected chi connectivity index (χ4v) is 1.94. The van der Waals surface area contributed by atoms with Crippen LogP contribution in [0.5, 0.6) is 0 Å². The molecule has 1 aromatic rings. The van der Waals surface area contributed by atoms with Crippen molar-refractivity contribution in [2.75, 3.05) is 14.1 Å². The van der Waals surface area contributed by atoms with E-state index in [4.69, 9.17) is 5.73 Å². The first-order valence-corrected chi connectivity index (χ1v) is 4.65. The summed E-state index contributed by atoms with van der Waals surface area (Å²) in [7, 11) is 3.80. The molecule has 0 amide bonds. The maximum Gasteiger partial charge on any atom is 0.166 e. The lowest BCUT2D eigenvalue weighted by atomic mass is 10.0. The van der Waals surface area contributed by atoms with E-state index in [0.717, 1.165) is 11.1 Å². The molecule has 0 saturated heterocycles. The van der Waals surface area contributed by atoms with Gasteiger partial charge in [-0.3, -0.25) is 9.69 Å². The van der Waals surface area contributed by atoms with Gasteiger partial charge in [-0.05, 0) is 19.7 Å². The number of carbonyl (C=O) groups excluding carboxylic acids is 1. The van der Waals surface area contributed by atoms with Crippen LogP contribution in [0.15, 0.2) is 24.3 Å². The monoisotopic (exact) mass is 190 g/mol. The molecule has 0 fully saturated rings. The van der Waals surface area contributed by atoms with Crippen LogP contribution in [-0.2, 0) is 5.66 Å². The summed E-state index contributed by atoms with van der Waals surface area (Å²) < 4.78 is 0. The predicted molar refractivity (Wildman–Crippen MR) is 54.9 cm³/mol. The van der Waals surface area contributed by atoms with E-state index >= 15 is 0 Å². The van der Waals surface area contributed by atoms with Crippen molar-refractivity contribution in [3.05, 3.63) is 35.4 Å². The molecule has 14 heavy (non-hydrogen) atoms. The SMILES string of the molecule is CN(C)C1(N)CC(=O)c2ccccc21. The Morgan fingerprint density at radius 3 is 2.64 bits per heavy atom. The lowest BCUT2D eigenvalue weighted by Crippen LogP contribution is -2.48. The van der Waals surface area contributed by atoms with Crippen molar-refractivity contribution < 1.29 is 4.79 Å². The Morgan fingerprint density at radius 2 is 2.00 bits per heavy atom. The number of fused-ring (bicyclic) bond motifs is 1. The molecular formula is C11H14N2O. The van der Waals surface area contributed by atoms with Crippen LogP contribution in [0.25, 0.3) is 0 Å². The Morgan fingerprint density at radius 1 is 1.36 bits per heavy atom. The average molecular weight is 190 g/mol. The fourth-order valence-electron chi connectivity index (χ4n) is 1.94. The zero-order valence-corrected chi connectivity index (χ0v) is 8.45. The van der Waals surface area contributed by atoms with Crippen LogP contribution in [0, 0.1) is 0 Å². The molecule has 3 nitrogen and oxygen atoms in total. The lowest BCUT2D eigenvalue weighted by Gasteiger charge is -2.32. The third-order valence-corrected chi connectivity index (χ3v) is 2.92. The van der Waals surface area contributed by atoms with E-state index in [1.54, 1.807) is 0 Å². The number of ketones is 1. The highest BCUT2D eigenvalue weighted by Crippen LogP contribution is 2.35. The second kappa shape index (κ2) is 2.90. The summed E-state index contributed by atoms with van der Waals surface area (Å²) in [6.45, 7) is 0. The number of Topliss-reactive ketones (excluding diaryl/α,β-unsaturated/α-hetero) is 1. The first-order valence-electron chi connectivity index (χ1n) is 4.65. The molecular weight excluding hydrogens is 176 g/mol. The van der Waals surface area contributed by atoms with Gasteiger partial charge in [-0.2, -0.15) is 0 Å². The van der Waals surface area contributed by atoms with Crippen LogP contribution in [0.2, 0.25) is 0 Å². The van der Waals surface area contributed by atoms with E-state index in [2.05, 4.69) is 0 Å². The number of hydrogen-bond acceptors (Lipinski definition) is 3. The van der Waals surface area contributed by atoms with Gasteiger partial charge in [0.05, 0.1) is 0 Å². The Bertz CT molecular complexity index is 387. The maximum atomic E-state index is 11.7. The molecule has 0 aromatic heterocycles. The van der Waals surface area contributed by atoms with Crippen LogP contribution in [-0.4, -0.2) is 24.8 Å². The van der Waals surface area contributed by atoms with Gasteiger partial charge in [0.1, 0.15) is 5.66 Å². The topological polar surface area (TPSA) is 46.3 Å². The van der Waals surface area contributed by atoms with Gasteiger partial charge in [0.2, 0.25) is 0 Å². The number of nitrogens with zero attached hydrogens (tertiary/aromatic N) is 1. The first kappa shape index (κ1) is 9.37. The standard InChI is InChI=1S/C11H14N2O/c1-13(2)11(12)7-10(14)8-5-3-4-6-9(8)11/h3-6H,7,12H2,1-2H3. The van der Waals surface area contributed by atoms with Crippen molar-refractivity contribution in [2.24, 2.45) is 5.73 Å². The third-order valence-electron chi connectivity index (χ3n) is 2.92. The molecule has 0 heterocycles. The summed E-state index contributed by atoms with van der Waals surface area (Å²) in [5.74, 6) is 0.136. The summed E-state index contributed by atoms with van der Waals surface area (Å²) in [6.07, 6.45) is 0.374. The normalized spacial score (nSPS) is 25.6. The largest absolute Gasteiger partial charge is 0.309 e. The second-order valence-corrected chi connectivity index (χ2v) is 3.96. The molecule has 2 N–H and O–H groups in total. The molecule has 0 aliphatic heterocycles. The van der Waals surface area contributed by atoms with Crippen LogP contribution in [0.3, 0.4) is 0 Å². The van der Waals surface area contributed by atoms with E-state index in [9.17, 15) is 4.79 Å². The number of benzene rings is 1. The van der Waals surface area contributed by atoms with Crippen LogP contribution in [0.1, 0.15) is 22.3 Å². The molecule has 0 saturated carbocycles. The van der Waals surface area contributed by atoms with Gasteiger partial charge >= 0.3 is 0 Å². The molecule has 1 aliphatic carbocycles. The van der Waals surface area contributed by atoms with E-state index in [-0.39, 0.29) is 5.78 Å². The number of carbonyl (C=O) groups is 1. The number of hydrogen-bond donors (Lipinski definition) is 1. The van der Waals surface area contributed by atoms with Crippen molar-refractivity contribution >= 4 is 5.78 Å². The minimum atomic E-state index is -0.617. The zero-order valence-electron chi connectivity index (χ0n) is 8.45. The summed E-state index contributed by atoms with van der Waals surface area (Å²) in [5, 5.41) is 0. The molecule has 0 bridgehead atoms. The minimum absolute atomic E-state index is 0.136. The highest BCUT2D eigenvalue weighted by Gasteiger charge is 2.41. The van der Waals surface area contributed by atoms with Gasteiger partial charge in [0, 0.05) is 12.0 Å². The minimum Gasteiger partial charge on any atom is -0.309 e. The smallest absolute Gasteiger partial charge is 0.166 e. The highest BCUT2D eigenvalue weighted by molar-refractivity contribution is 6.01. The molecule has 0 radical (unpaired) electrons. The Hall–Kier alpha value is -1.19. The molecule has 1 atom stereocenters. The van der Waals surface area contributed by atoms with E-state index in [1.807, 2.05) is 43.3 Å². The average Bonchev–Trinajstić information content (AvgIpc) is 2.42. The van der Waals surface area contributed by atoms with Gasteiger partial charge in [-0.15, -0.1) is 0 Å². The highest BCUT2D eigenvalue weighted by atomic mass is 16.1. The summed E-state index contributed by atoms with van der Waals surface area (Å²) in [4.78, 5) is 13.6. The number of nitrogens with two attached hydrogens (primary N) is 1. The summed E-state index contributed by atoms with van der Waals surface area (Å²) >= 11 is 0. The van der Waals surface area contributed by atoms with Crippen LogP contribution >= 0.6 is 0 Å². The molecule has 3 heteroatoms. The van der Waals surface area contributed by atoms with E-state index in [1.165, 1.54) is 0 Å². The molecule has 1 aromatic carbocycles. The third kappa shape index (κ3) is 1.10. The van der Waals surface area contributed by atoms with E-state index in [0.29, 0.717) is 6.42 Å². The number of rotatable bonds is 1. The van der Waals surface area contributed by atoms with Gasteiger partial charge in [0.25, 0.3) is 0 Å². The molecule has 2 rings (SSSR count). The van der Waals surface area contributed by atoms with Gasteiger partial charge in [-0.1, -0.05) is 24.3 Å². The van der Waals surface area contributed by atoms with Crippen molar-refractivity contribution in [3.8, 4) is 0 Å². The molecule has 0 spiro atoms. The lowest BCUT2D eigenvalue weighted by molar-refractivity contribution is 0.0897. The summed E-state index contributed by atoms with van der Waals surface area (Å²) in [6, 6.07) is 7.57. The Balaban J connectivity index is 2.59. The van der Waals surface area contributed by atoms with Gasteiger partial charge < -0.3 is 5.73 Å². The summed E-state index contributed by atoms with van der Waals surface area (Å²) in [5.41, 5.74) is 7.30. The van der Waals surface area contributed by atoms with Crippen molar-refractivity contribution in [2.45, 2.75) is 12.1 Å².